The fourth-order valence-electron chi connectivity index (χ4n) is 3.67. The summed E-state index contributed by atoms with van der Waals surface area (Å²) in [6, 6.07) is 11.9. The van der Waals surface area contributed by atoms with Crippen LogP contribution in [0.25, 0.3) is 10.9 Å². The number of carbonyl (C=O) groups excluding carboxylic acids is 1. The molecule has 3 aromatic rings. The zero-order chi connectivity index (χ0) is 18.3. The van der Waals surface area contributed by atoms with Gasteiger partial charge in [0.05, 0.1) is 5.52 Å². The molecular formula is C21H19FN2O2. The third-order valence-corrected chi connectivity index (χ3v) is 4.97. The predicted octanol–water partition coefficient (Wildman–Crippen LogP) is 3.75. The third-order valence-electron chi connectivity index (χ3n) is 4.97. The summed E-state index contributed by atoms with van der Waals surface area (Å²) in [4.78, 5) is 27.8. The average Bonchev–Trinajstić information content (AvgIpc) is 2.67. The van der Waals surface area contributed by atoms with E-state index in [-0.39, 0.29) is 16.9 Å². The molecule has 2 aromatic carbocycles. The minimum atomic E-state index is -0.481. The summed E-state index contributed by atoms with van der Waals surface area (Å²) in [7, 11) is 0. The number of nitrogens with zero attached hydrogens (tertiary/aromatic N) is 2. The van der Waals surface area contributed by atoms with E-state index in [9.17, 15) is 14.0 Å². The summed E-state index contributed by atoms with van der Waals surface area (Å²) in [5, 5.41) is 0.239. The topological polar surface area (TPSA) is 42.3 Å². The van der Waals surface area contributed by atoms with Crippen molar-refractivity contribution in [3.63, 3.8) is 0 Å². The molecule has 0 atom stereocenters. The van der Waals surface area contributed by atoms with E-state index < -0.39 is 11.2 Å². The molecule has 26 heavy (non-hydrogen) atoms. The van der Waals surface area contributed by atoms with Crippen LogP contribution < -0.4 is 10.3 Å². The Morgan fingerprint density at radius 2 is 2.00 bits per heavy atom. The Morgan fingerprint density at radius 1 is 1.19 bits per heavy atom. The molecule has 0 N–H and O–H groups in total. The van der Waals surface area contributed by atoms with E-state index >= 15 is 0 Å². The van der Waals surface area contributed by atoms with Crippen LogP contribution in [0.15, 0.2) is 53.5 Å². The Morgan fingerprint density at radius 3 is 2.81 bits per heavy atom. The maximum absolute atomic E-state index is 13.7. The van der Waals surface area contributed by atoms with E-state index in [0.29, 0.717) is 18.6 Å². The third kappa shape index (κ3) is 2.60. The monoisotopic (exact) mass is 350 g/mol. The van der Waals surface area contributed by atoms with Crippen molar-refractivity contribution in [2.24, 2.45) is 0 Å². The number of hydrogen-bond acceptors (Lipinski definition) is 2. The Balaban J connectivity index is 1.89. The lowest BCUT2D eigenvalue weighted by Crippen LogP contribution is -2.38. The molecule has 132 valence electrons. The number of fused-ring (bicyclic) bond motifs is 2. The molecule has 0 unspecified atom stereocenters. The highest BCUT2D eigenvalue weighted by molar-refractivity contribution is 6.08. The van der Waals surface area contributed by atoms with E-state index in [1.54, 1.807) is 17.2 Å². The maximum Gasteiger partial charge on any atom is 0.263 e. The standard InChI is InChI=1S/C21H19FN2O2/c1-2-23-13-17(20(25)16-12-15(22)9-10-19(16)23)21(26)24-11-5-7-14-6-3-4-8-18(14)24/h3-4,6,8-10,12-13H,2,5,7,11H2,1H3. The summed E-state index contributed by atoms with van der Waals surface area (Å²) >= 11 is 0. The molecule has 5 heteroatoms. The molecule has 0 radical (unpaired) electrons. The van der Waals surface area contributed by atoms with Crippen LogP contribution >= 0.6 is 0 Å². The van der Waals surface area contributed by atoms with Gasteiger partial charge in [0.15, 0.2) is 0 Å². The van der Waals surface area contributed by atoms with Gasteiger partial charge in [0.2, 0.25) is 5.43 Å². The quantitative estimate of drug-likeness (QED) is 0.706. The van der Waals surface area contributed by atoms with Crippen LogP contribution in [0.5, 0.6) is 0 Å². The lowest BCUT2D eigenvalue weighted by Gasteiger charge is -2.29. The minimum absolute atomic E-state index is 0.0849. The number of carbonyl (C=O) groups is 1. The molecule has 0 aliphatic carbocycles. The highest BCUT2D eigenvalue weighted by Gasteiger charge is 2.26. The summed E-state index contributed by atoms with van der Waals surface area (Å²) in [5.74, 6) is -0.805. The summed E-state index contributed by atoms with van der Waals surface area (Å²) in [6.07, 6.45) is 3.37. The van der Waals surface area contributed by atoms with Gasteiger partial charge in [-0.25, -0.2) is 4.39 Å². The van der Waals surface area contributed by atoms with E-state index in [4.69, 9.17) is 0 Å². The zero-order valence-electron chi connectivity index (χ0n) is 14.5. The van der Waals surface area contributed by atoms with Crippen molar-refractivity contribution >= 4 is 22.5 Å². The Labute approximate surface area is 150 Å². The number of aryl methyl sites for hydroxylation is 2. The van der Waals surface area contributed by atoms with Gasteiger partial charge in [-0.3, -0.25) is 9.59 Å². The van der Waals surface area contributed by atoms with E-state index in [2.05, 4.69) is 0 Å². The molecule has 1 amide bonds. The van der Waals surface area contributed by atoms with Crippen LogP contribution in [-0.4, -0.2) is 17.0 Å². The van der Waals surface area contributed by atoms with Gasteiger partial charge >= 0.3 is 0 Å². The van der Waals surface area contributed by atoms with E-state index in [1.807, 2.05) is 35.8 Å². The number of anilines is 1. The van der Waals surface area contributed by atoms with Crippen molar-refractivity contribution in [3.05, 3.63) is 75.8 Å². The molecule has 2 heterocycles. The zero-order valence-corrected chi connectivity index (χ0v) is 14.5. The smallest absolute Gasteiger partial charge is 0.263 e. The van der Waals surface area contributed by atoms with E-state index in [0.717, 1.165) is 24.1 Å². The van der Waals surface area contributed by atoms with Crippen molar-refractivity contribution in [3.8, 4) is 0 Å². The van der Waals surface area contributed by atoms with Gasteiger partial charge in [-0.1, -0.05) is 18.2 Å². The molecule has 0 bridgehead atoms. The molecule has 4 nitrogen and oxygen atoms in total. The van der Waals surface area contributed by atoms with Crippen molar-refractivity contribution in [2.45, 2.75) is 26.3 Å². The fraction of sp³-hybridized carbons (Fsp3) is 0.238. The fourth-order valence-corrected chi connectivity index (χ4v) is 3.67. The minimum Gasteiger partial charge on any atom is -0.347 e. The Hall–Kier alpha value is -2.95. The molecule has 1 aliphatic rings. The molecular weight excluding hydrogens is 331 g/mol. The van der Waals surface area contributed by atoms with Crippen molar-refractivity contribution in [1.82, 2.24) is 4.57 Å². The van der Waals surface area contributed by atoms with Gasteiger partial charge in [-0.2, -0.15) is 0 Å². The van der Waals surface area contributed by atoms with E-state index in [1.165, 1.54) is 12.1 Å². The van der Waals surface area contributed by atoms with Crippen LogP contribution in [0.4, 0.5) is 10.1 Å². The van der Waals surface area contributed by atoms with Crippen molar-refractivity contribution in [2.75, 3.05) is 11.4 Å². The van der Waals surface area contributed by atoms with Crippen molar-refractivity contribution < 1.29 is 9.18 Å². The molecule has 1 aliphatic heterocycles. The number of para-hydroxylation sites is 1. The number of aromatic nitrogens is 1. The first-order valence-electron chi connectivity index (χ1n) is 8.82. The molecule has 0 spiro atoms. The highest BCUT2D eigenvalue weighted by atomic mass is 19.1. The van der Waals surface area contributed by atoms with Crippen LogP contribution in [0.1, 0.15) is 29.3 Å². The van der Waals surface area contributed by atoms with Crippen LogP contribution in [0.2, 0.25) is 0 Å². The molecule has 0 saturated carbocycles. The van der Waals surface area contributed by atoms with Gasteiger partial charge < -0.3 is 9.47 Å². The Kier molecular flexibility index (Phi) is 4.07. The largest absolute Gasteiger partial charge is 0.347 e. The summed E-state index contributed by atoms with van der Waals surface area (Å²) < 4.78 is 15.5. The molecule has 1 aromatic heterocycles. The highest BCUT2D eigenvalue weighted by Crippen LogP contribution is 2.28. The first kappa shape index (κ1) is 16.5. The number of rotatable bonds is 2. The molecule has 0 fully saturated rings. The van der Waals surface area contributed by atoms with Gasteiger partial charge in [0.25, 0.3) is 5.91 Å². The number of amides is 1. The Bertz CT molecular complexity index is 1070. The van der Waals surface area contributed by atoms with Crippen LogP contribution in [0.3, 0.4) is 0 Å². The van der Waals surface area contributed by atoms with Crippen LogP contribution in [-0.2, 0) is 13.0 Å². The molecule has 4 rings (SSSR count). The average molecular weight is 350 g/mol. The normalized spacial score (nSPS) is 13.7. The molecule has 0 saturated heterocycles. The lowest BCUT2D eigenvalue weighted by molar-refractivity contribution is 0.0983. The predicted molar refractivity (Wildman–Crippen MR) is 100 cm³/mol. The SMILES string of the molecule is CCn1cc(C(=O)N2CCCc3ccccc32)c(=O)c2cc(F)ccc21. The van der Waals surface area contributed by atoms with Crippen LogP contribution in [0, 0.1) is 5.82 Å². The maximum atomic E-state index is 13.7. The summed E-state index contributed by atoms with van der Waals surface area (Å²) in [6.45, 7) is 3.08. The van der Waals surface area contributed by atoms with Gasteiger partial charge in [0, 0.05) is 30.4 Å². The first-order valence-corrected chi connectivity index (χ1v) is 8.82. The van der Waals surface area contributed by atoms with Gasteiger partial charge in [-0.05, 0) is 49.6 Å². The second kappa shape index (κ2) is 6.41. The number of halogens is 1. The first-order chi connectivity index (χ1) is 12.6. The summed E-state index contributed by atoms with van der Waals surface area (Å²) in [5.41, 5.74) is 2.26. The number of pyridine rings is 1. The number of hydrogen-bond donors (Lipinski definition) is 0. The second-order valence-electron chi connectivity index (χ2n) is 6.51. The van der Waals surface area contributed by atoms with Gasteiger partial charge in [-0.15, -0.1) is 0 Å². The van der Waals surface area contributed by atoms with Crippen molar-refractivity contribution in [1.29, 1.82) is 0 Å². The second-order valence-corrected chi connectivity index (χ2v) is 6.51. The van der Waals surface area contributed by atoms with Gasteiger partial charge in [0.1, 0.15) is 11.4 Å². The number of benzene rings is 2. The lowest BCUT2D eigenvalue weighted by atomic mass is 10.0.